The fourth-order valence-electron chi connectivity index (χ4n) is 1.63. The molecule has 0 saturated carbocycles. The van der Waals surface area contributed by atoms with Gasteiger partial charge in [0.2, 0.25) is 0 Å². The van der Waals surface area contributed by atoms with Crippen LogP contribution < -0.4 is 5.32 Å². The smallest absolute Gasteiger partial charge is 0.124 e. The molecule has 0 spiro atoms. The van der Waals surface area contributed by atoms with E-state index in [0.717, 1.165) is 21.3 Å². The zero-order valence-corrected chi connectivity index (χ0v) is 11.9. The number of halogens is 3. The third-order valence-electron chi connectivity index (χ3n) is 2.53. The van der Waals surface area contributed by atoms with Crippen LogP contribution in [0.1, 0.15) is 11.1 Å². The molecule has 0 amide bonds. The zero-order chi connectivity index (χ0) is 13.0. The van der Waals surface area contributed by atoms with E-state index < -0.39 is 0 Å². The maximum Gasteiger partial charge on any atom is 0.124 e. The van der Waals surface area contributed by atoms with Gasteiger partial charge in [-0.1, -0.05) is 28.1 Å². The lowest BCUT2D eigenvalue weighted by atomic mass is 10.2. The Labute approximate surface area is 119 Å². The number of hydrogen-bond acceptors (Lipinski definition) is 1. The van der Waals surface area contributed by atoms with Crippen LogP contribution in [0.5, 0.6) is 0 Å². The molecule has 18 heavy (non-hydrogen) atoms. The highest BCUT2D eigenvalue weighted by atomic mass is 79.9. The summed E-state index contributed by atoms with van der Waals surface area (Å²) in [6, 6.07) is 12.7. The molecule has 2 aromatic carbocycles. The number of hydrogen-bond donors (Lipinski definition) is 1. The third-order valence-corrected chi connectivity index (χ3v) is 3.29. The molecule has 0 aliphatic carbocycles. The minimum Gasteiger partial charge on any atom is -0.381 e. The van der Waals surface area contributed by atoms with Crippen LogP contribution in [0.2, 0.25) is 0 Å². The van der Waals surface area contributed by atoms with Crippen molar-refractivity contribution in [3.8, 4) is 0 Å². The molecule has 1 N–H and O–H groups in total. The first-order valence-electron chi connectivity index (χ1n) is 5.51. The van der Waals surface area contributed by atoms with Crippen molar-refractivity contribution >= 4 is 33.2 Å². The molecule has 0 atom stereocenters. The van der Waals surface area contributed by atoms with E-state index in [2.05, 4.69) is 21.2 Å². The number of rotatable bonds is 4. The van der Waals surface area contributed by atoms with Crippen molar-refractivity contribution < 1.29 is 4.39 Å². The standard InChI is InChI=1S/C14H12BrClFN/c15-12-5-11(6-13(17)7-12)9-18-14-3-1-10(8-16)2-4-14/h1-7,18H,8-9H2. The number of anilines is 1. The Morgan fingerprint density at radius 3 is 2.39 bits per heavy atom. The van der Waals surface area contributed by atoms with Crippen molar-refractivity contribution in [1.29, 1.82) is 0 Å². The highest BCUT2D eigenvalue weighted by Crippen LogP contribution is 2.17. The van der Waals surface area contributed by atoms with Crippen molar-refractivity contribution in [2.24, 2.45) is 0 Å². The van der Waals surface area contributed by atoms with Gasteiger partial charge >= 0.3 is 0 Å². The first-order chi connectivity index (χ1) is 8.67. The number of benzene rings is 2. The van der Waals surface area contributed by atoms with Gasteiger partial charge in [0.1, 0.15) is 5.82 Å². The van der Waals surface area contributed by atoms with Gasteiger partial charge in [-0.3, -0.25) is 0 Å². The maximum atomic E-state index is 13.2. The van der Waals surface area contributed by atoms with E-state index in [1.165, 1.54) is 12.1 Å². The van der Waals surface area contributed by atoms with E-state index in [-0.39, 0.29) is 5.82 Å². The Morgan fingerprint density at radius 2 is 1.78 bits per heavy atom. The summed E-state index contributed by atoms with van der Waals surface area (Å²) in [4.78, 5) is 0. The van der Waals surface area contributed by atoms with Crippen LogP contribution in [0.3, 0.4) is 0 Å². The molecule has 0 radical (unpaired) electrons. The average Bonchev–Trinajstić information content (AvgIpc) is 2.36. The Hall–Kier alpha value is -1.06. The van der Waals surface area contributed by atoms with E-state index in [0.29, 0.717) is 12.4 Å². The Morgan fingerprint density at radius 1 is 1.06 bits per heavy atom. The lowest BCUT2D eigenvalue weighted by molar-refractivity contribution is 0.625. The summed E-state index contributed by atoms with van der Waals surface area (Å²) < 4.78 is 13.9. The van der Waals surface area contributed by atoms with Gasteiger partial charge in [0, 0.05) is 22.6 Å². The van der Waals surface area contributed by atoms with Gasteiger partial charge in [-0.2, -0.15) is 0 Å². The van der Waals surface area contributed by atoms with Gasteiger partial charge in [-0.25, -0.2) is 4.39 Å². The fourth-order valence-corrected chi connectivity index (χ4v) is 2.32. The molecule has 0 aliphatic heterocycles. The van der Waals surface area contributed by atoms with Crippen LogP contribution in [0, 0.1) is 5.82 Å². The van der Waals surface area contributed by atoms with Gasteiger partial charge in [0.25, 0.3) is 0 Å². The first kappa shape index (κ1) is 13.4. The van der Waals surface area contributed by atoms with E-state index >= 15 is 0 Å². The highest BCUT2D eigenvalue weighted by molar-refractivity contribution is 9.10. The van der Waals surface area contributed by atoms with Crippen LogP contribution in [-0.2, 0) is 12.4 Å². The molecule has 0 aromatic heterocycles. The molecule has 0 fully saturated rings. The largest absolute Gasteiger partial charge is 0.381 e. The van der Waals surface area contributed by atoms with Crippen LogP contribution in [-0.4, -0.2) is 0 Å². The number of nitrogens with one attached hydrogen (secondary N) is 1. The quantitative estimate of drug-likeness (QED) is 0.784. The Balaban J connectivity index is 2.01. The normalized spacial score (nSPS) is 10.4. The summed E-state index contributed by atoms with van der Waals surface area (Å²) in [7, 11) is 0. The van der Waals surface area contributed by atoms with Gasteiger partial charge in [0.15, 0.2) is 0 Å². The molecule has 0 bridgehead atoms. The maximum absolute atomic E-state index is 13.2. The summed E-state index contributed by atoms with van der Waals surface area (Å²) in [5, 5.41) is 3.24. The second-order valence-corrected chi connectivity index (χ2v) is 5.14. The first-order valence-corrected chi connectivity index (χ1v) is 6.84. The van der Waals surface area contributed by atoms with E-state index in [1.807, 2.05) is 30.3 Å². The SMILES string of the molecule is Fc1cc(Br)cc(CNc2ccc(CCl)cc2)c1. The molecule has 0 aliphatic rings. The Bertz CT molecular complexity index is 508. The highest BCUT2D eigenvalue weighted by Gasteiger charge is 1.99. The van der Waals surface area contributed by atoms with Gasteiger partial charge in [-0.05, 0) is 41.5 Å². The lowest BCUT2D eigenvalue weighted by Gasteiger charge is -2.07. The second kappa shape index (κ2) is 6.21. The summed E-state index contributed by atoms with van der Waals surface area (Å²) in [6.45, 7) is 0.580. The van der Waals surface area contributed by atoms with Crippen LogP contribution >= 0.6 is 27.5 Å². The predicted molar refractivity (Wildman–Crippen MR) is 77.4 cm³/mol. The molecular formula is C14H12BrClFN. The molecule has 2 aromatic rings. The minimum atomic E-state index is -0.237. The molecule has 94 valence electrons. The van der Waals surface area contributed by atoms with Gasteiger partial charge in [0.05, 0.1) is 0 Å². The van der Waals surface area contributed by atoms with Crippen molar-refractivity contribution in [1.82, 2.24) is 0 Å². The molecule has 1 nitrogen and oxygen atoms in total. The van der Waals surface area contributed by atoms with Gasteiger partial charge < -0.3 is 5.32 Å². The van der Waals surface area contributed by atoms with E-state index in [4.69, 9.17) is 11.6 Å². The van der Waals surface area contributed by atoms with Crippen LogP contribution in [0.15, 0.2) is 46.9 Å². The number of alkyl halides is 1. The average molecular weight is 329 g/mol. The summed E-state index contributed by atoms with van der Waals surface area (Å²) in [6.07, 6.45) is 0. The van der Waals surface area contributed by atoms with E-state index in [9.17, 15) is 4.39 Å². The summed E-state index contributed by atoms with van der Waals surface area (Å²) in [5.74, 6) is 0.274. The monoisotopic (exact) mass is 327 g/mol. The molecule has 2 rings (SSSR count). The van der Waals surface area contributed by atoms with Gasteiger partial charge in [-0.15, -0.1) is 11.6 Å². The lowest BCUT2D eigenvalue weighted by Crippen LogP contribution is -1.99. The molecular weight excluding hydrogens is 317 g/mol. The van der Waals surface area contributed by atoms with Crippen LogP contribution in [0.4, 0.5) is 10.1 Å². The molecule has 0 unspecified atom stereocenters. The topological polar surface area (TPSA) is 12.0 Å². The third kappa shape index (κ3) is 3.72. The summed E-state index contributed by atoms with van der Waals surface area (Å²) >= 11 is 9.00. The molecule has 4 heteroatoms. The second-order valence-electron chi connectivity index (χ2n) is 3.96. The zero-order valence-electron chi connectivity index (χ0n) is 9.59. The minimum absolute atomic E-state index is 0.237. The summed E-state index contributed by atoms with van der Waals surface area (Å²) in [5.41, 5.74) is 2.96. The van der Waals surface area contributed by atoms with Crippen LogP contribution in [0.25, 0.3) is 0 Å². The van der Waals surface area contributed by atoms with E-state index in [1.54, 1.807) is 0 Å². The fraction of sp³-hybridized carbons (Fsp3) is 0.143. The van der Waals surface area contributed by atoms with Crippen molar-refractivity contribution in [2.45, 2.75) is 12.4 Å². The Kier molecular flexibility index (Phi) is 4.61. The molecule has 0 saturated heterocycles. The predicted octanol–water partition coefficient (Wildman–Crippen LogP) is 4.94. The van der Waals surface area contributed by atoms with Crippen molar-refractivity contribution in [3.63, 3.8) is 0 Å². The van der Waals surface area contributed by atoms with Crippen molar-refractivity contribution in [2.75, 3.05) is 5.32 Å². The molecule has 0 heterocycles. The van der Waals surface area contributed by atoms with Crippen molar-refractivity contribution in [3.05, 3.63) is 63.9 Å².